The van der Waals surface area contributed by atoms with Crippen LogP contribution in [0.15, 0.2) is 42.5 Å². The predicted octanol–water partition coefficient (Wildman–Crippen LogP) is 3.45. The number of nitrogens with one attached hydrogen (secondary N) is 1. The largest absolute Gasteiger partial charge is 0.324 e. The third-order valence-electron chi connectivity index (χ3n) is 3.55. The number of rotatable bonds is 6. The number of halogens is 2. The summed E-state index contributed by atoms with van der Waals surface area (Å²) in [7, 11) is -3.76. The molecule has 0 unspecified atom stereocenters. The van der Waals surface area contributed by atoms with E-state index in [0.29, 0.717) is 5.69 Å². The quantitative estimate of drug-likeness (QED) is 0.829. The van der Waals surface area contributed by atoms with E-state index in [0.717, 1.165) is 28.6 Å². The predicted molar refractivity (Wildman–Crippen MR) is 98.0 cm³/mol. The van der Waals surface area contributed by atoms with E-state index in [2.05, 4.69) is 5.32 Å². The van der Waals surface area contributed by atoms with Gasteiger partial charge < -0.3 is 5.32 Å². The lowest BCUT2D eigenvalue weighted by Crippen LogP contribution is -2.37. The van der Waals surface area contributed by atoms with Gasteiger partial charge in [0.1, 0.15) is 12.4 Å². The van der Waals surface area contributed by atoms with Gasteiger partial charge in [0.15, 0.2) is 0 Å². The smallest absolute Gasteiger partial charge is 0.245 e. The summed E-state index contributed by atoms with van der Waals surface area (Å²) in [4.78, 5) is 12.3. The van der Waals surface area contributed by atoms with Crippen LogP contribution in [0.1, 0.15) is 12.5 Å². The Hall–Kier alpha value is -2.12. The summed E-state index contributed by atoms with van der Waals surface area (Å²) in [6.45, 7) is 1.51. The average molecular weight is 385 g/mol. The van der Waals surface area contributed by atoms with Gasteiger partial charge in [-0.25, -0.2) is 12.8 Å². The molecule has 0 spiro atoms. The number of carbonyl (C=O) groups excluding carboxylic acids is 1. The monoisotopic (exact) mass is 384 g/mol. The van der Waals surface area contributed by atoms with Gasteiger partial charge in [-0.2, -0.15) is 0 Å². The van der Waals surface area contributed by atoms with E-state index in [-0.39, 0.29) is 10.7 Å². The minimum absolute atomic E-state index is 0.118. The molecule has 0 saturated heterocycles. The number of hydrogen-bond donors (Lipinski definition) is 1. The van der Waals surface area contributed by atoms with Gasteiger partial charge in [0, 0.05) is 5.69 Å². The highest BCUT2D eigenvalue weighted by atomic mass is 35.5. The number of aryl methyl sites for hydroxylation is 1. The Morgan fingerprint density at radius 2 is 1.92 bits per heavy atom. The van der Waals surface area contributed by atoms with Gasteiger partial charge in [-0.1, -0.05) is 36.7 Å². The fourth-order valence-electron chi connectivity index (χ4n) is 2.31. The molecule has 25 heavy (non-hydrogen) atoms. The molecule has 0 bridgehead atoms. The fourth-order valence-corrected chi connectivity index (χ4v) is 3.33. The zero-order valence-electron chi connectivity index (χ0n) is 13.8. The van der Waals surface area contributed by atoms with E-state index < -0.39 is 28.3 Å². The molecule has 2 rings (SSSR count). The Labute approximate surface area is 151 Å². The summed E-state index contributed by atoms with van der Waals surface area (Å²) in [6.07, 6.45) is 1.69. The summed E-state index contributed by atoms with van der Waals surface area (Å²) in [5, 5.41) is 2.49. The highest BCUT2D eigenvalue weighted by Crippen LogP contribution is 2.24. The molecule has 0 fully saturated rings. The van der Waals surface area contributed by atoms with Crippen LogP contribution in [0, 0.1) is 5.82 Å². The maximum atomic E-state index is 13.3. The van der Waals surface area contributed by atoms with Crippen molar-refractivity contribution in [1.82, 2.24) is 0 Å². The van der Waals surface area contributed by atoms with Crippen molar-refractivity contribution in [1.29, 1.82) is 0 Å². The van der Waals surface area contributed by atoms with Gasteiger partial charge in [-0.05, 0) is 36.2 Å². The molecule has 0 saturated carbocycles. The number of sulfonamides is 1. The normalized spacial score (nSPS) is 11.2. The Bertz CT molecular complexity index is 887. The van der Waals surface area contributed by atoms with Gasteiger partial charge in [0.2, 0.25) is 15.9 Å². The maximum Gasteiger partial charge on any atom is 0.245 e. The third kappa shape index (κ3) is 4.93. The summed E-state index contributed by atoms with van der Waals surface area (Å²) >= 11 is 5.72. The van der Waals surface area contributed by atoms with E-state index in [4.69, 9.17) is 11.6 Å². The fraction of sp³-hybridized carbons (Fsp3) is 0.235. The number of carbonyl (C=O) groups is 1. The molecule has 0 aliphatic rings. The number of benzene rings is 2. The highest BCUT2D eigenvalue weighted by molar-refractivity contribution is 7.92. The van der Waals surface area contributed by atoms with Crippen molar-refractivity contribution in [2.24, 2.45) is 0 Å². The van der Waals surface area contributed by atoms with Crippen LogP contribution in [0.3, 0.4) is 0 Å². The first-order chi connectivity index (χ1) is 11.7. The molecule has 2 aromatic carbocycles. The van der Waals surface area contributed by atoms with Gasteiger partial charge in [-0.15, -0.1) is 0 Å². The van der Waals surface area contributed by atoms with Crippen molar-refractivity contribution in [3.05, 3.63) is 58.9 Å². The molecule has 1 amide bonds. The first kappa shape index (κ1) is 19.2. The molecule has 134 valence electrons. The zero-order valence-corrected chi connectivity index (χ0v) is 15.4. The van der Waals surface area contributed by atoms with Gasteiger partial charge in [0.05, 0.1) is 17.0 Å². The van der Waals surface area contributed by atoms with Crippen molar-refractivity contribution in [3.8, 4) is 0 Å². The van der Waals surface area contributed by atoms with Gasteiger partial charge >= 0.3 is 0 Å². The second kappa shape index (κ2) is 7.84. The number of para-hydroxylation sites is 1. The molecule has 0 heterocycles. The molecule has 5 nitrogen and oxygen atoms in total. The number of anilines is 2. The van der Waals surface area contributed by atoms with Crippen molar-refractivity contribution in [2.45, 2.75) is 13.3 Å². The molecule has 1 N–H and O–H groups in total. The van der Waals surface area contributed by atoms with Crippen LogP contribution in [-0.2, 0) is 21.2 Å². The Morgan fingerprint density at radius 1 is 1.24 bits per heavy atom. The first-order valence-corrected chi connectivity index (χ1v) is 9.75. The van der Waals surface area contributed by atoms with Gasteiger partial charge in [0.25, 0.3) is 0 Å². The number of amides is 1. The Kier molecular flexibility index (Phi) is 6.02. The number of nitrogens with zero attached hydrogens (tertiary/aromatic N) is 1. The maximum absolute atomic E-state index is 13.3. The molecule has 0 aliphatic carbocycles. The summed E-state index contributed by atoms with van der Waals surface area (Å²) in [6, 6.07) is 10.8. The van der Waals surface area contributed by atoms with Crippen LogP contribution in [0.5, 0.6) is 0 Å². The van der Waals surface area contributed by atoms with Crippen LogP contribution in [0.25, 0.3) is 0 Å². The minimum atomic E-state index is -3.76. The van der Waals surface area contributed by atoms with E-state index in [1.54, 1.807) is 12.1 Å². The lowest BCUT2D eigenvalue weighted by molar-refractivity contribution is -0.114. The summed E-state index contributed by atoms with van der Waals surface area (Å²) in [5.74, 6) is -1.17. The first-order valence-electron chi connectivity index (χ1n) is 7.53. The molecule has 0 aromatic heterocycles. The van der Waals surface area contributed by atoms with Crippen LogP contribution >= 0.6 is 11.6 Å². The van der Waals surface area contributed by atoms with Crippen molar-refractivity contribution in [2.75, 3.05) is 22.4 Å². The third-order valence-corrected chi connectivity index (χ3v) is 4.98. The standard InChI is InChI=1S/C17H18ClFN2O3S/c1-3-12-6-4-5-7-16(12)20-17(22)11-21(25(2,23)24)13-8-9-15(19)14(18)10-13/h4-10H,3,11H2,1-2H3,(H,20,22). The second-order valence-corrected chi connectivity index (χ2v) is 7.74. The SMILES string of the molecule is CCc1ccccc1NC(=O)CN(c1ccc(F)c(Cl)c1)S(C)(=O)=O. The summed E-state index contributed by atoms with van der Waals surface area (Å²) in [5.41, 5.74) is 1.68. The van der Waals surface area contributed by atoms with Crippen molar-refractivity contribution >= 4 is 38.9 Å². The summed E-state index contributed by atoms with van der Waals surface area (Å²) < 4.78 is 38.3. The zero-order chi connectivity index (χ0) is 18.6. The molecular weight excluding hydrogens is 367 g/mol. The Balaban J connectivity index is 2.25. The molecule has 0 aliphatic heterocycles. The van der Waals surface area contributed by atoms with Crippen molar-refractivity contribution < 1.29 is 17.6 Å². The van der Waals surface area contributed by atoms with E-state index in [1.165, 1.54) is 12.1 Å². The molecule has 8 heteroatoms. The molecule has 2 aromatic rings. The average Bonchev–Trinajstić information content (AvgIpc) is 2.55. The molecule has 0 atom stereocenters. The minimum Gasteiger partial charge on any atom is -0.324 e. The van der Waals surface area contributed by atoms with E-state index in [9.17, 15) is 17.6 Å². The van der Waals surface area contributed by atoms with Crippen LogP contribution in [-0.4, -0.2) is 27.1 Å². The van der Waals surface area contributed by atoms with Gasteiger partial charge in [-0.3, -0.25) is 9.10 Å². The highest BCUT2D eigenvalue weighted by Gasteiger charge is 2.22. The topological polar surface area (TPSA) is 66.5 Å². The van der Waals surface area contributed by atoms with E-state index in [1.807, 2.05) is 19.1 Å². The van der Waals surface area contributed by atoms with Crippen LogP contribution in [0.4, 0.5) is 15.8 Å². The van der Waals surface area contributed by atoms with Crippen LogP contribution < -0.4 is 9.62 Å². The number of hydrogen-bond acceptors (Lipinski definition) is 3. The molecular formula is C17H18ClFN2O3S. The Morgan fingerprint density at radius 3 is 2.52 bits per heavy atom. The van der Waals surface area contributed by atoms with E-state index >= 15 is 0 Å². The van der Waals surface area contributed by atoms with Crippen molar-refractivity contribution in [3.63, 3.8) is 0 Å². The lowest BCUT2D eigenvalue weighted by atomic mass is 10.1. The molecule has 0 radical (unpaired) electrons. The van der Waals surface area contributed by atoms with Crippen LogP contribution in [0.2, 0.25) is 5.02 Å². The lowest BCUT2D eigenvalue weighted by Gasteiger charge is -2.22. The second-order valence-electron chi connectivity index (χ2n) is 5.43.